The van der Waals surface area contributed by atoms with Crippen LogP contribution in [-0.4, -0.2) is 44.1 Å². The molecule has 1 saturated carbocycles. The van der Waals surface area contributed by atoms with E-state index in [2.05, 4.69) is 20.2 Å². The fourth-order valence-corrected chi connectivity index (χ4v) is 3.08. The lowest BCUT2D eigenvalue weighted by Gasteiger charge is -2.31. The maximum atomic E-state index is 12.3. The Morgan fingerprint density at radius 3 is 2.96 bits per heavy atom. The maximum Gasteiger partial charge on any atom is 0.251 e. The molecule has 2 aromatic rings. The predicted molar refractivity (Wildman–Crippen MR) is 81.3 cm³/mol. The van der Waals surface area contributed by atoms with Crippen LogP contribution in [0.2, 0.25) is 0 Å². The zero-order valence-electron chi connectivity index (χ0n) is 13.1. The molecule has 3 heterocycles. The minimum absolute atomic E-state index is 0.123. The van der Waals surface area contributed by atoms with E-state index < -0.39 is 0 Å². The van der Waals surface area contributed by atoms with Crippen molar-refractivity contribution >= 4 is 5.91 Å². The summed E-state index contributed by atoms with van der Waals surface area (Å²) in [4.78, 5) is 22.4. The summed E-state index contributed by atoms with van der Waals surface area (Å²) in [5.74, 6) is 1.73. The lowest BCUT2D eigenvalue weighted by atomic mass is 9.97. The molecule has 1 aliphatic carbocycles. The first kappa shape index (κ1) is 14.3. The molecule has 1 atom stereocenters. The molecule has 120 valence electrons. The molecule has 4 rings (SSSR count). The fraction of sp³-hybridized carbons (Fsp3) is 0.562. The first-order valence-corrected chi connectivity index (χ1v) is 8.11. The van der Waals surface area contributed by atoms with Crippen LogP contribution in [0.5, 0.6) is 0 Å². The summed E-state index contributed by atoms with van der Waals surface area (Å²) in [7, 11) is 0. The number of aromatic nitrogens is 4. The van der Waals surface area contributed by atoms with Crippen molar-refractivity contribution in [3.8, 4) is 11.5 Å². The quantitative estimate of drug-likeness (QED) is 0.861. The standard InChI is InChI=1S/C16H19N5O2/c1-10-13(7-17-9-18-10)15-20-19-14(23-15)12-3-2-6-21(8-12)16(22)11-4-5-11/h7,9,11-12H,2-6,8H2,1H3. The number of hydrogen-bond donors (Lipinski definition) is 0. The van der Waals surface area contributed by atoms with E-state index in [4.69, 9.17) is 4.42 Å². The molecule has 0 bridgehead atoms. The number of carbonyl (C=O) groups excluding carboxylic acids is 1. The molecule has 0 N–H and O–H groups in total. The van der Waals surface area contributed by atoms with Gasteiger partial charge in [-0.2, -0.15) is 0 Å². The zero-order chi connectivity index (χ0) is 15.8. The van der Waals surface area contributed by atoms with Crippen molar-refractivity contribution in [3.63, 3.8) is 0 Å². The van der Waals surface area contributed by atoms with Gasteiger partial charge in [0.2, 0.25) is 11.8 Å². The van der Waals surface area contributed by atoms with Gasteiger partial charge < -0.3 is 9.32 Å². The molecule has 1 aliphatic heterocycles. The Morgan fingerprint density at radius 1 is 1.30 bits per heavy atom. The van der Waals surface area contributed by atoms with Crippen molar-refractivity contribution in [3.05, 3.63) is 24.1 Å². The summed E-state index contributed by atoms with van der Waals surface area (Å²) in [6.07, 6.45) is 7.21. The van der Waals surface area contributed by atoms with Crippen molar-refractivity contribution in [2.24, 2.45) is 5.92 Å². The van der Waals surface area contributed by atoms with E-state index in [1.807, 2.05) is 11.8 Å². The van der Waals surface area contributed by atoms with Gasteiger partial charge in [-0.1, -0.05) is 0 Å². The third kappa shape index (κ3) is 2.83. The number of amides is 1. The highest BCUT2D eigenvalue weighted by Gasteiger charge is 2.36. The number of hydrogen-bond acceptors (Lipinski definition) is 6. The van der Waals surface area contributed by atoms with Gasteiger partial charge in [0, 0.05) is 25.2 Å². The summed E-state index contributed by atoms with van der Waals surface area (Å²) in [6, 6.07) is 0. The molecule has 1 unspecified atom stereocenters. The third-order valence-electron chi connectivity index (χ3n) is 4.59. The van der Waals surface area contributed by atoms with Crippen LogP contribution in [0.15, 0.2) is 16.9 Å². The largest absolute Gasteiger partial charge is 0.420 e. The molecule has 2 fully saturated rings. The minimum Gasteiger partial charge on any atom is -0.420 e. The highest BCUT2D eigenvalue weighted by Crippen LogP contribution is 2.34. The van der Waals surface area contributed by atoms with Crippen LogP contribution in [0.4, 0.5) is 0 Å². The lowest BCUT2D eigenvalue weighted by molar-refractivity contribution is -0.133. The lowest BCUT2D eigenvalue weighted by Crippen LogP contribution is -2.40. The van der Waals surface area contributed by atoms with Gasteiger partial charge in [-0.3, -0.25) is 4.79 Å². The van der Waals surface area contributed by atoms with Crippen LogP contribution in [0.3, 0.4) is 0 Å². The number of carbonyl (C=O) groups is 1. The number of aryl methyl sites for hydroxylation is 1. The first-order valence-electron chi connectivity index (χ1n) is 8.11. The van der Waals surface area contributed by atoms with Gasteiger partial charge in [-0.25, -0.2) is 9.97 Å². The van der Waals surface area contributed by atoms with E-state index in [9.17, 15) is 4.79 Å². The molecule has 1 saturated heterocycles. The predicted octanol–water partition coefficient (Wildman–Crippen LogP) is 1.95. The fourth-order valence-electron chi connectivity index (χ4n) is 3.08. The Hall–Kier alpha value is -2.31. The average molecular weight is 313 g/mol. The Balaban J connectivity index is 1.52. The highest BCUT2D eigenvalue weighted by atomic mass is 16.4. The summed E-state index contributed by atoms with van der Waals surface area (Å²) >= 11 is 0. The Labute approximate surface area is 134 Å². The number of nitrogens with zero attached hydrogens (tertiary/aromatic N) is 5. The summed E-state index contributed by atoms with van der Waals surface area (Å²) in [5.41, 5.74) is 1.57. The molecular weight excluding hydrogens is 294 g/mol. The third-order valence-corrected chi connectivity index (χ3v) is 4.59. The van der Waals surface area contributed by atoms with Gasteiger partial charge >= 0.3 is 0 Å². The molecule has 23 heavy (non-hydrogen) atoms. The molecule has 0 aromatic carbocycles. The minimum atomic E-state index is 0.123. The summed E-state index contributed by atoms with van der Waals surface area (Å²) in [6.45, 7) is 3.41. The van der Waals surface area contributed by atoms with Crippen molar-refractivity contribution in [2.75, 3.05) is 13.1 Å². The molecule has 7 nitrogen and oxygen atoms in total. The first-order chi connectivity index (χ1) is 11.2. The summed E-state index contributed by atoms with van der Waals surface area (Å²) < 4.78 is 5.85. The van der Waals surface area contributed by atoms with E-state index >= 15 is 0 Å². The Bertz CT molecular complexity index is 725. The van der Waals surface area contributed by atoms with E-state index in [0.717, 1.165) is 43.5 Å². The SMILES string of the molecule is Cc1ncncc1-c1nnc(C2CCCN(C(=O)C3CC3)C2)o1. The summed E-state index contributed by atoms with van der Waals surface area (Å²) in [5, 5.41) is 8.34. The van der Waals surface area contributed by atoms with E-state index in [1.54, 1.807) is 6.20 Å². The molecule has 7 heteroatoms. The highest BCUT2D eigenvalue weighted by molar-refractivity contribution is 5.81. The molecule has 1 amide bonds. The molecule has 0 radical (unpaired) electrons. The van der Waals surface area contributed by atoms with Crippen molar-refractivity contribution in [2.45, 2.75) is 38.5 Å². The maximum absolute atomic E-state index is 12.3. The second-order valence-corrected chi connectivity index (χ2v) is 6.36. The van der Waals surface area contributed by atoms with Gasteiger partial charge in [0.25, 0.3) is 5.89 Å². The topological polar surface area (TPSA) is 85.0 Å². The van der Waals surface area contributed by atoms with Gasteiger partial charge in [0.05, 0.1) is 17.2 Å². The number of piperidine rings is 1. The van der Waals surface area contributed by atoms with E-state index in [0.29, 0.717) is 24.2 Å². The normalized spacial score (nSPS) is 21.4. The number of likely N-dealkylation sites (tertiary alicyclic amines) is 1. The van der Waals surface area contributed by atoms with Crippen LogP contribution in [-0.2, 0) is 4.79 Å². The second kappa shape index (κ2) is 5.72. The Kier molecular flexibility index (Phi) is 3.55. The monoisotopic (exact) mass is 313 g/mol. The second-order valence-electron chi connectivity index (χ2n) is 6.36. The van der Waals surface area contributed by atoms with Crippen LogP contribution in [0.25, 0.3) is 11.5 Å². The smallest absolute Gasteiger partial charge is 0.251 e. The van der Waals surface area contributed by atoms with Gasteiger partial charge in [-0.05, 0) is 32.6 Å². The van der Waals surface area contributed by atoms with Crippen molar-refractivity contribution in [1.82, 2.24) is 25.1 Å². The van der Waals surface area contributed by atoms with Gasteiger partial charge in [0.1, 0.15) is 6.33 Å². The molecular formula is C16H19N5O2. The Morgan fingerprint density at radius 2 is 2.17 bits per heavy atom. The number of rotatable bonds is 3. The van der Waals surface area contributed by atoms with Crippen LogP contribution < -0.4 is 0 Å². The van der Waals surface area contributed by atoms with Crippen molar-refractivity contribution < 1.29 is 9.21 Å². The van der Waals surface area contributed by atoms with Gasteiger partial charge in [-0.15, -0.1) is 10.2 Å². The molecule has 0 spiro atoms. The van der Waals surface area contributed by atoms with Crippen LogP contribution in [0.1, 0.15) is 43.2 Å². The van der Waals surface area contributed by atoms with Gasteiger partial charge in [0.15, 0.2) is 0 Å². The average Bonchev–Trinajstić information content (AvgIpc) is 3.32. The van der Waals surface area contributed by atoms with Crippen LogP contribution in [0, 0.1) is 12.8 Å². The van der Waals surface area contributed by atoms with E-state index in [1.165, 1.54) is 6.33 Å². The zero-order valence-corrected chi connectivity index (χ0v) is 13.1. The van der Waals surface area contributed by atoms with Crippen LogP contribution >= 0.6 is 0 Å². The molecule has 2 aromatic heterocycles. The van der Waals surface area contributed by atoms with E-state index in [-0.39, 0.29) is 11.8 Å². The van der Waals surface area contributed by atoms with Crippen molar-refractivity contribution in [1.29, 1.82) is 0 Å². The molecule has 2 aliphatic rings.